The molecule has 0 amide bonds. The third-order valence-corrected chi connectivity index (χ3v) is 3.49. The summed E-state index contributed by atoms with van der Waals surface area (Å²) in [5.74, 6) is 1.50. The third kappa shape index (κ3) is 1.90. The van der Waals surface area contributed by atoms with Gasteiger partial charge in [0.25, 0.3) is 0 Å². The molecule has 1 aliphatic heterocycles. The van der Waals surface area contributed by atoms with Gasteiger partial charge in [-0.2, -0.15) is 4.98 Å². The second-order valence-electron chi connectivity index (χ2n) is 4.96. The lowest BCUT2D eigenvalue weighted by Crippen LogP contribution is -2.15. The molecular formula is C14H13N3O3. The number of aromatic nitrogens is 2. The maximum Gasteiger partial charge on any atom is 0.244 e. The van der Waals surface area contributed by atoms with Gasteiger partial charge in [-0.3, -0.25) is 0 Å². The van der Waals surface area contributed by atoms with Crippen LogP contribution in [0.4, 0.5) is 0 Å². The molecule has 1 fully saturated rings. The molecule has 3 heterocycles. The Kier molecular flexibility index (Phi) is 2.58. The van der Waals surface area contributed by atoms with Crippen molar-refractivity contribution in [2.45, 2.75) is 18.6 Å². The summed E-state index contributed by atoms with van der Waals surface area (Å²) in [5, 5.41) is 17.6. The van der Waals surface area contributed by atoms with Gasteiger partial charge in [-0.25, -0.2) is 0 Å². The number of furan rings is 1. The van der Waals surface area contributed by atoms with E-state index in [0.29, 0.717) is 30.4 Å². The second kappa shape index (κ2) is 4.43. The fourth-order valence-corrected chi connectivity index (χ4v) is 2.47. The van der Waals surface area contributed by atoms with Crippen molar-refractivity contribution in [1.82, 2.24) is 15.5 Å². The van der Waals surface area contributed by atoms with Gasteiger partial charge in [0.1, 0.15) is 5.58 Å². The topological polar surface area (TPSA) is 84.3 Å². The molecule has 102 valence electrons. The number of hydrogen-bond donors (Lipinski definition) is 2. The number of benzene rings is 1. The predicted molar refractivity (Wildman–Crippen MR) is 70.9 cm³/mol. The Bertz CT molecular complexity index is 716. The molecule has 2 aromatic heterocycles. The lowest BCUT2D eigenvalue weighted by molar-refractivity contribution is 0.191. The summed E-state index contributed by atoms with van der Waals surface area (Å²) in [7, 11) is 0. The van der Waals surface area contributed by atoms with E-state index in [1.807, 2.05) is 30.3 Å². The van der Waals surface area contributed by atoms with E-state index in [9.17, 15) is 5.11 Å². The number of nitrogens with one attached hydrogen (secondary N) is 1. The molecule has 2 atom stereocenters. The summed E-state index contributed by atoms with van der Waals surface area (Å²) in [6.07, 6.45) is 0.225. The summed E-state index contributed by atoms with van der Waals surface area (Å²) >= 11 is 0. The fourth-order valence-electron chi connectivity index (χ4n) is 2.47. The van der Waals surface area contributed by atoms with Crippen molar-refractivity contribution in [3.63, 3.8) is 0 Å². The minimum atomic E-state index is -0.360. The highest BCUT2D eigenvalue weighted by Gasteiger charge is 2.28. The van der Waals surface area contributed by atoms with Gasteiger partial charge in [-0.1, -0.05) is 23.4 Å². The molecule has 3 aromatic rings. The first kappa shape index (κ1) is 11.6. The van der Waals surface area contributed by atoms with Crippen molar-refractivity contribution in [3.8, 4) is 11.6 Å². The van der Waals surface area contributed by atoms with E-state index < -0.39 is 0 Å². The number of rotatable bonds is 2. The Morgan fingerprint density at radius 1 is 1.30 bits per heavy atom. The Hall–Kier alpha value is -2.18. The average molecular weight is 271 g/mol. The molecule has 2 unspecified atom stereocenters. The molecule has 1 aliphatic rings. The molecule has 2 N–H and O–H groups in total. The van der Waals surface area contributed by atoms with E-state index in [1.165, 1.54) is 0 Å². The van der Waals surface area contributed by atoms with Crippen molar-refractivity contribution in [1.29, 1.82) is 0 Å². The van der Waals surface area contributed by atoms with Gasteiger partial charge in [-0.15, -0.1) is 0 Å². The van der Waals surface area contributed by atoms with Crippen LogP contribution in [0.5, 0.6) is 0 Å². The number of aliphatic hydroxyl groups is 1. The quantitative estimate of drug-likeness (QED) is 0.740. The number of aliphatic hydroxyl groups excluding tert-OH is 1. The highest BCUT2D eigenvalue weighted by Crippen LogP contribution is 2.28. The number of nitrogens with zero attached hydrogens (tertiary/aromatic N) is 2. The van der Waals surface area contributed by atoms with Crippen LogP contribution in [0.2, 0.25) is 0 Å². The van der Waals surface area contributed by atoms with Crippen LogP contribution in [0.25, 0.3) is 22.6 Å². The van der Waals surface area contributed by atoms with Crippen molar-refractivity contribution >= 4 is 11.0 Å². The minimum Gasteiger partial charge on any atom is -0.453 e. The Morgan fingerprint density at radius 2 is 2.20 bits per heavy atom. The summed E-state index contributed by atoms with van der Waals surface area (Å²) in [4.78, 5) is 4.35. The van der Waals surface area contributed by atoms with E-state index >= 15 is 0 Å². The lowest BCUT2D eigenvalue weighted by atomic mass is 10.2. The number of hydrogen-bond acceptors (Lipinski definition) is 6. The molecule has 0 radical (unpaired) electrons. The first-order valence-corrected chi connectivity index (χ1v) is 6.53. The van der Waals surface area contributed by atoms with Gasteiger partial charge in [0, 0.05) is 11.9 Å². The molecule has 1 saturated heterocycles. The van der Waals surface area contributed by atoms with Crippen molar-refractivity contribution in [3.05, 3.63) is 36.2 Å². The zero-order chi connectivity index (χ0) is 13.5. The van der Waals surface area contributed by atoms with E-state index in [2.05, 4.69) is 15.5 Å². The normalized spacial score (nSPS) is 22.6. The van der Waals surface area contributed by atoms with Crippen LogP contribution in [0.3, 0.4) is 0 Å². The maximum absolute atomic E-state index is 9.51. The van der Waals surface area contributed by atoms with Crippen molar-refractivity contribution in [2.24, 2.45) is 0 Å². The smallest absolute Gasteiger partial charge is 0.244 e. The van der Waals surface area contributed by atoms with Crippen LogP contribution in [-0.2, 0) is 0 Å². The number of para-hydroxylation sites is 1. The maximum atomic E-state index is 9.51. The van der Waals surface area contributed by atoms with Crippen LogP contribution in [0, 0.1) is 0 Å². The molecule has 6 heteroatoms. The van der Waals surface area contributed by atoms with Crippen molar-refractivity contribution in [2.75, 3.05) is 6.54 Å². The van der Waals surface area contributed by atoms with Gasteiger partial charge in [0.2, 0.25) is 11.7 Å². The molecule has 6 nitrogen and oxygen atoms in total. The van der Waals surface area contributed by atoms with Crippen molar-refractivity contribution < 1.29 is 14.0 Å². The standard InChI is InChI=1S/C14H13N3O3/c18-9-6-10(15-7-9)14-16-13(17-20-14)12-5-8-3-1-2-4-11(8)19-12/h1-5,9-10,15,18H,6-7H2. The first-order valence-electron chi connectivity index (χ1n) is 6.53. The van der Waals surface area contributed by atoms with Crippen LogP contribution < -0.4 is 5.32 Å². The number of β-amino-alcohol motifs (C(OH)–C–C–N with tert-alkyl or cyclic N) is 1. The monoisotopic (exact) mass is 271 g/mol. The summed E-state index contributed by atoms with van der Waals surface area (Å²) < 4.78 is 10.9. The largest absolute Gasteiger partial charge is 0.453 e. The Labute approximate surface area is 114 Å². The van der Waals surface area contributed by atoms with Gasteiger partial charge in [-0.05, 0) is 18.6 Å². The average Bonchev–Trinajstić information content (AvgIpc) is 3.16. The van der Waals surface area contributed by atoms with E-state index in [4.69, 9.17) is 8.94 Å². The molecule has 0 bridgehead atoms. The summed E-state index contributed by atoms with van der Waals surface area (Å²) in [5.41, 5.74) is 0.795. The van der Waals surface area contributed by atoms with Gasteiger partial charge < -0.3 is 19.4 Å². The van der Waals surface area contributed by atoms with Gasteiger partial charge in [0.05, 0.1) is 12.1 Å². The van der Waals surface area contributed by atoms with Gasteiger partial charge >= 0.3 is 0 Å². The zero-order valence-electron chi connectivity index (χ0n) is 10.6. The molecule has 20 heavy (non-hydrogen) atoms. The van der Waals surface area contributed by atoms with E-state index in [0.717, 1.165) is 11.0 Å². The molecule has 1 aromatic carbocycles. The highest BCUT2D eigenvalue weighted by molar-refractivity contribution is 5.81. The molecule has 4 rings (SSSR count). The number of fused-ring (bicyclic) bond motifs is 1. The zero-order valence-corrected chi connectivity index (χ0v) is 10.6. The minimum absolute atomic E-state index is 0.0874. The summed E-state index contributed by atoms with van der Waals surface area (Å²) in [6, 6.07) is 9.54. The second-order valence-corrected chi connectivity index (χ2v) is 4.96. The molecule has 0 aliphatic carbocycles. The molecule has 0 saturated carbocycles. The predicted octanol–water partition coefficient (Wildman–Crippen LogP) is 1.88. The first-order chi connectivity index (χ1) is 9.79. The Balaban J connectivity index is 1.67. The molecular weight excluding hydrogens is 258 g/mol. The highest BCUT2D eigenvalue weighted by atomic mass is 16.5. The third-order valence-electron chi connectivity index (χ3n) is 3.49. The van der Waals surface area contributed by atoms with Crippen LogP contribution in [0.15, 0.2) is 39.3 Å². The van der Waals surface area contributed by atoms with Crippen LogP contribution in [0.1, 0.15) is 18.4 Å². The van der Waals surface area contributed by atoms with E-state index in [-0.39, 0.29) is 12.1 Å². The Morgan fingerprint density at radius 3 is 3.00 bits per heavy atom. The lowest BCUT2D eigenvalue weighted by Gasteiger charge is -2.01. The molecule has 0 spiro atoms. The van der Waals surface area contributed by atoms with Crippen LogP contribution in [-0.4, -0.2) is 27.9 Å². The van der Waals surface area contributed by atoms with Gasteiger partial charge in [0.15, 0.2) is 5.76 Å². The van der Waals surface area contributed by atoms with Crippen LogP contribution >= 0.6 is 0 Å². The summed E-state index contributed by atoms with van der Waals surface area (Å²) in [6.45, 7) is 0.549. The SMILES string of the molecule is OC1CNC(c2nc(-c3cc4ccccc4o3)no2)C1. The van der Waals surface area contributed by atoms with E-state index in [1.54, 1.807) is 0 Å². The fraction of sp³-hybridized carbons (Fsp3) is 0.286.